The number of nitrogens with one attached hydrogen (secondary N) is 2. The Morgan fingerprint density at radius 3 is 2.59 bits per heavy atom. The van der Waals surface area contributed by atoms with Crippen molar-refractivity contribution in [3.8, 4) is 0 Å². The normalized spacial score (nSPS) is 22.2. The second-order valence-electron chi connectivity index (χ2n) is 9.97. The average molecular weight is 526 g/mol. The lowest BCUT2D eigenvalue weighted by atomic mass is 9.81. The predicted octanol–water partition coefficient (Wildman–Crippen LogP) is 1.25. The lowest BCUT2D eigenvalue weighted by molar-refractivity contribution is -0.134. The smallest absolute Gasteiger partial charge is 0.280 e. The van der Waals surface area contributed by atoms with Gasteiger partial charge in [-0.3, -0.25) is 19.4 Å². The number of nitrogens with two attached hydrogens (primary N) is 1. The van der Waals surface area contributed by atoms with Gasteiger partial charge in [-0.2, -0.15) is 0 Å². The van der Waals surface area contributed by atoms with Crippen LogP contribution in [0.5, 0.6) is 0 Å². The Morgan fingerprint density at radius 2 is 1.86 bits per heavy atom. The first-order valence-corrected chi connectivity index (χ1v) is 13.3. The number of rotatable bonds is 6. The van der Waals surface area contributed by atoms with Crippen molar-refractivity contribution >= 4 is 34.9 Å². The molecule has 198 valence electrons. The first-order valence-electron chi connectivity index (χ1n) is 12.5. The first-order chi connectivity index (χ1) is 17.7. The molecule has 3 unspecified atom stereocenters. The highest BCUT2D eigenvalue weighted by Crippen LogP contribution is 2.28. The Labute approximate surface area is 221 Å². The number of hydrogen-bond donors (Lipinski definition) is 3. The van der Waals surface area contributed by atoms with Crippen molar-refractivity contribution in [1.29, 1.82) is 0 Å². The lowest BCUT2D eigenvalue weighted by Crippen LogP contribution is -2.55. The average Bonchev–Trinajstić information content (AvgIpc) is 3.32. The van der Waals surface area contributed by atoms with Gasteiger partial charge in [-0.05, 0) is 38.4 Å². The van der Waals surface area contributed by atoms with E-state index >= 15 is 0 Å². The zero-order valence-corrected chi connectivity index (χ0v) is 22.6. The van der Waals surface area contributed by atoms with Crippen LogP contribution >= 0.6 is 11.3 Å². The van der Waals surface area contributed by atoms with Crippen molar-refractivity contribution in [3.63, 3.8) is 0 Å². The van der Waals surface area contributed by atoms with Gasteiger partial charge in [-0.1, -0.05) is 12.1 Å². The molecule has 1 aromatic carbocycles. The third-order valence-electron chi connectivity index (χ3n) is 7.05. The maximum atomic E-state index is 13.3. The number of hydrogen-bond acceptors (Lipinski definition) is 7. The number of amidine groups is 1. The Kier molecular flexibility index (Phi) is 8.23. The Balaban J connectivity index is 1.52. The second kappa shape index (κ2) is 11.4. The molecule has 2 aliphatic rings. The fourth-order valence-corrected chi connectivity index (χ4v) is 6.03. The van der Waals surface area contributed by atoms with Crippen molar-refractivity contribution in [1.82, 2.24) is 25.4 Å². The van der Waals surface area contributed by atoms with E-state index in [1.54, 1.807) is 50.3 Å². The summed E-state index contributed by atoms with van der Waals surface area (Å²) in [6.07, 6.45) is 2.46. The standard InChI is InChI=1S/C26H35N7O3S/c1-28-22(27)15-6-5-7-16(12-15)23(34)29-18-9-8-17(26(36)32(2)3)13-20(18)30-24(35)25-31-19-10-11-33(4)14-21(19)37-25/h5-7,12,17-18,20H,8-11,13-14H2,1-4H3,(H2,27,28)(H,29,34)(H,30,35). The van der Waals surface area contributed by atoms with Crippen LogP contribution in [0, 0.1) is 5.92 Å². The number of aromatic nitrogens is 1. The van der Waals surface area contributed by atoms with Crippen LogP contribution in [-0.4, -0.2) is 85.2 Å². The molecule has 0 spiro atoms. The molecule has 2 aromatic rings. The fourth-order valence-electron chi connectivity index (χ4n) is 4.94. The molecule has 0 bridgehead atoms. The van der Waals surface area contributed by atoms with Gasteiger partial charge in [0.15, 0.2) is 5.01 Å². The number of thiazole rings is 1. The number of carbonyl (C=O) groups excluding carboxylic acids is 3. The Morgan fingerprint density at radius 1 is 1.14 bits per heavy atom. The van der Waals surface area contributed by atoms with E-state index in [1.807, 2.05) is 0 Å². The Bertz CT molecular complexity index is 1210. The van der Waals surface area contributed by atoms with Crippen LogP contribution in [0.1, 0.15) is 55.6 Å². The lowest BCUT2D eigenvalue weighted by Gasteiger charge is -2.37. The maximum absolute atomic E-state index is 13.3. The molecule has 1 aliphatic carbocycles. The van der Waals surface area contributed by atoms with E-state index in [2.05, 4.69) is 32.6 Å². The van der Waals surface area contributed by atoms with E-state index in [1.165, 1.54) is 11.3 Å². The van der Waals surface area contributed by atoms with E-state index in [0.29, 0.717) is 41.2 Å². The number of benzene rings is 1. The summed E-state index contributed by atoms with van der Waals surface area (Å²) in [5.41, 5.74) is 8.02. The van der Waals surface area contributed by atoms with Crippen molar-refractivity contribution in [2.75, 3.05) is 34.7 Å². The minimum Gasteiger partial charge on any atom is -0.384 e. The molecule has 10 nitrogen and oxygen atoms in total. The molecular weight excluding hydrogens is 490 g/mol. The van der Waals surface area contributed by atoms with Crippen LogP contribution in [0.3, 0.4) is 0 Å². The molecule has 3 amide bonds. The SMILES string of the molecule is CN=C(N)c1cccc(C(=O)NC2CCC(C(=O)N(C)C)CC2NC(=O)c2nc3c(s2)CN(C)CC3)c1. The number of aliphatic imine (C=N–C) groups is 1. The molecule has 0 saturated heterocycles. The molecule has 3 atom stereocenters. The Hall–Kier alpha value is -3.31. The molecule has 0 radical (unpaired) electrons. The van der Waals surface area contributed by atoms with E-state index in [0.717, 1.165) is 30.1 Å². The number of carbonyl (C=O) groups is 3. The zero-order valence-electron chi connectivity index (χ0n) is 21.8. The molecule has 1 aromatic heterocycles. The summed E-state index contributed by atoms with van der Waals surface area (Å²) in [5, 5.41) is 6.61. The van der Waals surface area contributed by atoms with Gasteiger partial charge in [-0.15, -0.1) is 11.3 Å². The highest BCUT2D eigenvalue weighted by atomic mass is 32.1. The van der Waals surface area contributed by atoms with Gasteiger partial charge in [0.05, 0.1) is 11.7 Å². The summed E-state index contributed by atoms with van der Waals surface area (Å²) in [7, 11) is 7.12. The molecule has 11 heteroatoms. The topological polar surface area (TPSA) is 133 Å². The largest absolute Gasteiger partial charge is 0.384 e. The van der Waals surface area contributed by atoms with Crippen molar-refractivity contribution in [2.45, 2.75) is 44.3 Å². The molecule has 37 heavy (non-hydrogen) atoms. The molecule has 4 N–H and O–H groups in total. The van der Waals surface area contributed by atoms with Crippen molar-refractivity contribution in [3.05, 3.63) is 51.0 Å². The molecule has 1 fully saturated rings. The van der Waals surface area contributed by atoms with Crippen LogP contribution in [0.25, 0.3) is 0 Å². The fraction of sp³-hybridized carbons (Fsp3) is 0.500. The maximum Gasteiger partial charge on any atom is 0.280 e. The third kappa shape index (κ3) is 6.16. The second-order valence-corrected chi connectivity index (χ2v) is 11.1. The molecule has 1 saturated carbocycles. The van der Waals surface area contributed by atoms with Crippen molar-refractivity contribution < 1.29 is 14.4 Å². The number of amides is 3. The van der Waals surface area contributed by atoms with Gasteiger partial charge >= 0.3 is 0 Å². The molecule has 1 aliphatic heterocycles. The van der Waals surface area contributed by atoms with Gasteiger partial charge in [0.2, 0.25) is 5.91 Å². The van der Waals surface area contributed by atoms with Gasteiger partial charge in [0.1, 0.15) is 5.84 Å². The molecule has 4 rings (SSSR count). The van der Waals surface area contributed by atoms with Gasteiger partial charge in [0.25, 0.3) is 11.8 Å². The summed E-state index contributed by atoms with van der Waals surface area (Å²) < 4.78 is 0. The molecule has 2 heterocycles. The van der Waals surface area contributed by atoms with Gasteiger partial charge < -0.3 is 26.2 Å². The van der Waals surface area contributed by atoms with E-state index in [-0.39, 0.29) is 29.7 Å². The van der Waals surface area contributed by atoms with Crippen LogP contribution < -0.4 is 16.4 Å². The summed E-state index contributed by atoms with van der Waals surface area (Å²) in [6, 6.07) is 6.23. The zero-order chi connectivity index (χ0) is 26.7. The third-order valence-corrected chi connectivity index (χ3v) is 8.13. The van der Waals surface area contributed by atoms with E-state index < -0.39 is 6.04 Å². The van der Waals surface area contributed by atoms with Crippen molar-refractivity contribution in [2.24, 2.45) is 16.6 Å². The summed E-state index contributed by atoms with van der Waals surface area (Å²) in [4.78, 5) is 52.7. The minimum absolute atomic E-state index is 0.0267. The first kappa shape index (κ1) is 26.7. The highest BCUT2D eigenvalue weighted by Gasteiger charge is 2.37. The van der Waals surface area contributed by atoms with E-state index in [9.17, 15) is 14.4 Å². The summed E-state index contributed by atoms with van der Waals surface area (Å²) in [6.45, 7) is 1.70. The van der Waals surface area contributed by atoms with Gasteiger partial charge in [0, 0.05) is 68.6 Å². The van der Waals surface area contributed by atoms with Gasteiger partial charge in [-0.25, -0.2) is 4.98 Å². The number of fused-ring (bicyclic) bond motifs is 1. The minimum atomic E-state index is -0.409. The molecular formula is C26H35N7O3S. The van der Waals surface area contributed by atoms with Crippen LogP contribution in [0.4, 0.5) is 0 Å². The predicted molar refractivity (Wildman–Crippen MR) is 144 cm³/mol. The van der Waals surface area contributed by atoms with Crippen LogP contribution in [-0.2, 0) is 17.8 Å². The number of likely N-dealkylation sites (N-methyl/N-ethyl adjacent to an activating group) is 1. The summed E-state index contributed by atoms with van der Waals surface area (Å²) in [5.74, 6) is -0.382. The number of nitrogens with zero attached hydrogens (tertiary/aromatic N) is 4. The highest BCUT2D eigenvalue weighted by molar-refractivity contribution is 7.13. The van der Waals surface area contributed by atoms with Crippen LogP contribution in [0.15, 0.2) is 29.3 Å². The van der Waals surface area contributed by atoms with Crippen LogP contribution in [0.2, 0.25) is 0 Å². The van der Waals surface area contributed by atoms with E-state index in [4.69, 9.17) is 5.73 Å². The monoisotopic (exact) mass is 525 g/mol. The summed E-state index contributed by atoms with van der Waals surface area (Å²) >= 11 is 1.42. The quantitative estimate of drug-likeness (QED) is 0.384.